The molecule has 2 aromatic rings. The van der Waals surface area contributed by atoms with Crippen LogP contribution in [-0.4, -0.2) is 29.6 Å². The molecule has 0 amide bonds. The fraction of sp³-hybridized carbons (Fsp3) is 0.429. The molecule has 3 rings (SSSR count). The molecule has 0 spiro atoms. The number of hydrogen-bond acceptors (Lipinski definition) is 4. The third-order valence-corrected chi connectivity index (χ3v) is 3.69. The van der Waals surface area contributed by atoms with Crippen molar-refractivity contribution in [1.29, 1.82) is 0 Å². The van der Waals surface area contributed by atoms with Crippen LogP contribution in [0.3, 0.4) is 0 Å². The molecule has 1 fully saturated rings. The minimum Gasteiger partial charge on any atom is -0.359 e. The fourth-order valence-electron chi connectivity index (χ4n) is 2.70. The van der Waals surface area contributed by atoms with E-state index in [1.165, 1.54) is 0 Å². The standard InChI is InChI=1S/C14H18N4/c1-18(8-10-6-11(15)7-10)14-12-4-2-3-5-13(12)16-9-17-14/h2-5,9-11H,6-8,15H2,1H3. The highest BCUT2D eigenvalue weighted by Gasteiger charge is 2.27. The Hall–Kier alpha value is -1.68. The lowest BCUT2D eigenvalue weighted by Crippen LogP contribution is -2.42. The average molecular weight is 242 g/mol. The predicted octanol–water partition coefficient (Wildman–Crippen LogP) is 1.80. The van der Waals surface area contributed by atoms with Crippen molar-refractivity contribution >= 4 is 16.7 Å². The summed E-state index contributed by atoms with van der Waals surface area (Å²) in [4.78, 5) is 10.9. The Morgan fingerprint density at radius 1 is 1.28 bits per heavy atom. The Labute approximate surface area is 107 Å². The first-order chi connectivity index (χ1) is 8.74. The van der Waals surface area contributed by atoms with Crippen molar-refractivity contribution < 1.29 is 0 Å². The highest BCUT2D eigenvalue weighted by atomic mass is 15.2. The zero-order valence-electron chi connectivity index (χ0n) is 10.6. The van der Waals surface area contributed by atoms with Crippen LogP contribution in [0.25, 0.3) is 10.9 Å². The predicted molar refractivity (Wildman–Crippen MR) is 73.5 cm³/mol. The van der Waals surface area contributed by atoms with Gasteiger partial charge >= 0.3 is 0 Å². The van der Waals surface area contributed by atoms with Crippen molar-refractivity contribution in [3.63, 3.8) is 0 Å². The van der Waals surface area contributed by atoms with Gasteiger partial charge in [-0.25, -0.2) is 9.97 Å². The van der Waals surface area contributed by atoms with Crippen LogP contribution >= 0.6 is 0 Å². The van der Waals surface area contributed by atoms with Gasteiger partial charge < -0.3 is 10.6 Å². The summed E-state index contributed by atoms with van der Waals surface area (Å²) >= 11 is 0. The van der Waals surface area contributed by atoms with E-state index in [1.807, 2.05) is 18.2 Å². The number of hydrogen-bond donors (Lipinski definition) is 1. The maximum Gasteiger partial charge on any atom is 0.139 e. The van der Waals surface area contributed by atoms with E-state index in [2.05, 4.69) is 28.0 Å². The Morgan fingerprint density at radius 2 is 2.06 bits per heavy atom. The van der Waals surface area contributed by atoms with Crippen LogP contribution in [0, 0.1) is 5.92 Å². The summed E-state index contributed by atoms with van der Waals surface area (Å²) in [5.41, 5.74) is 6.83. The number of fused-ring (bicyclic) bond motifs is 1. The van der Waals surface area contributed by atoms with E-state index >= 15 is 0 Å². The van der Waals surface area contributed by atoms with Crippen molar-refractivity contribution in [3.05, 3.63) is 30.6 Å². The molecule has 1 aromatic heterocycles. The normalized spacial score (nSPS) is 22.8. The molecule has 1 aromatic carbocycles. The first-order valence-corrected chi connectivity index (χ1v) is 6.40. The van der Waals surface area contributed by atoms with E-state index < -0.39 is 0 Å². The molecular formula is C14H18N4. The molecule has 0 bridgehead atoms. The Morgan fingerprint density at radius 3 is 2.83 bits per heavy atom. The molecule has 18 heavy (non-hydrogen) atoms. The molecule has 0 radical (unpaired) electrons. The zero-order chi connectivity index (χ0) is 12.5. The summed E-state index contributed by atoms with van der Waals surface area (Å²) in [6.07, 6.45) is 3.90. The van der Waals surface area contributed by atoms with Crippen LogP contribution in [0.5, 0.6) is 0 Å². The summed E-state index contributed by atoms with van der Waals surface area (Å²) in [7, 11) is 2.10. The quantitative estimate of drug-likeness (QED) is 0.891. The maximum absolute atomic E-state index is 5.83. The van der Waals surface area contributed by atoms with Crippen LogP contribution < -0.4 is 10.6 Å². The number of benzene rings is 1. The van der Waals surface area contributed by atoms with E-state index in [9.17, 15) is 0 Å². The third kappa shape index (κ3) is 2.04. The summed E-state index contributed by atoms with van der Waals surface area (Å²) < 4.78 is 0. The second-order valence-electron chi connectivity index (χ2n) is 5.19. The van der Waals surface area contributed by atoms with E-state index in [1.54, 1.807) is 6.33 Å². The Kier molecular flexibility index (Phi) is 2.88. The van der Waals surface area contributed by atoms with Gasteiger partial charge in [-0.15, -0.1) is 0 Å². The second-order valence-corrected chi connectivity index (χ2v) is 5.19. The van der Waals surface area contributed by atoms with Gasteiger partial charge in [-0.1, -0.05) is 12.1 Å². The van der Waals surface area contributed by atoms with Crippen LogP contribution in [-0.2, 0) is 0 Å². The lowest BCUT2D eigenvalue weighted by molar-refractivity contribution is 0.271. The van der Waals surface area contributed by atoms with Gasteiger partial charge in [0.25, 0.3) is 0 Å². The van der Waals surface area contributed by atoms with Gasteiger partial charge in [0.05, 0.1) is 5.52 Å². The summed E-state index contributed by atoms with van der Waals surface area (Å²) in [5.74, 6) is 1.72. The number of nitrogens with two attached hydrogens (primary N) is 1. The van der Waals surface area contributed by atoms with Crippen LogP contribution in [0.4, 0.5) is 5.82 Å². The molecule has 4 heteroatoms. The van der Waals surface area contributed by atoms with Crippen molar-refractivity contribution in [2.75, 3.05) is 18.5 Å². The number of nitrogens with zero attached hydrogens (tertiary/aromatic N) is 3. The van der Waals surface area contributed by atoms with Crippen molar-refractivity contribution in [3.8, 4) is 0 Å². The van der Waals surface area contributed by atoms with Crippen LogP contribution in [0.2, 0.25) is 0 Å². The summed E-state index contributed by atoms with van der Waals surface area (Å²) in [6, 6.07) is 8.54. The Balaban J connectivity index is 1.84. The fourth-order valence-corrected chi connectivity index (χ4v) is 2.70. The SMILES string of the molecule is CN(CC1CC(N)C1)c1ncnc2ccccc12. The van der Waals surface area contributed by atoms with Crippen molar-refractivity contribution in [1.82, 2.24) is 9.97 Å². The molecule has 4 nitrogen and oxygen atoms in total. The topological polar surface area (TPSA) is 55.0 Å². The van der Waals surface area contributed by atoms with E-state index in [4.69, 9.17) is 5.73 Å². The third-order valence-electron chi connectivity index (χ3n) is 3.69. The first-order valence-electron chi connectivity index (χ1n) is 6.40. The monoisotopic (exact) mass is 242 g/mol. The molecule has 0 saturated heterocycles. The highest BCUT2D eigenvalue weighted by Crippen LogP contribution is 2.29. The van der Waals surface area contributed by atoms with Gasteiger partial charge in [-0.2, -0.15) is 0 Å². The average Bonchev–Trinajstić information content (AvgIpc) is 2.36. The van der Waals surface area contributed by atoms with Crippen molar-refractivity contribution in [2.24, 2.45) is 11.7 Å². The van der Waals surface area contributed by atoms with Crippen LogP contribution in [0.1, 0.15) is 12.8 Å². The largest absolute Gasteiger partial charge is 0.359 e. The van der Waals surface area contributed by atoms with Gasteiger partial charge in [0.15, 0.2) is 0 Å². The minimum absolute atomic E-state index is 0.408. The molecule has 1 aliphatic carbocycles. The molecule has 0 atom stereocenters. The number of rotatable bonds is 3. The maximum atomic E-state index is 5.83. The van der Waals surface area contributed by atoms with Crippen LogP contribution in [0.15, 0.2) is 30.6 Å². The van der Waals surface area contributed by atoms with Gasteiger partial charge in [0.1, 0.15) is 12.1 Å². The lowest BCUT2D eigenvalue weighted by Gasteiger charge is -2.35. The first kappa shape index (κ1) is 11.4. The van der Waals surface area contributed by atoms with E-state index in [0.717, 1.165) is 36.1 Å². The summed E-state index contributed by atoms with van der Waals surface area (Å²) in [5, 5.41) is 1.12. The smallest absolute Gasteiger partial charge is 0.139 e. The minimum atomic E-state index is 0.408. The van der Waals surface area contributed by atoms with Crippen molar-refractivity contribution in [2.45, 2.75) is 18.9 Å². The molecule has 94 valence electrons. The molecule has 1 aliphatic rings. The highest BCUT2D eigenvalue weighted by molar-refractivity contribution is 5.89. The number of para-hydroxylation sites is 1. The molecule has 1 saturated carbocycles. The number of anilines is 1. The van der Waals surface area contributed by atoms with E-state index in [-0.39, 0.29) is 0 Å². The van der Waals surface area contributed by atoms with Gasteiger partial charge in [0, 0.05) is 25.0 Å². The molecule has 2 N–H and O–H groups in total. The molecule has 1 heterocycles. The van der Waals surface area contributed by atoms with Gasteiger partial charge in [0.2, 0.25) is 0 Å². The Bertz CT molecular complexity index is 543. The van der Waals surface area contributed by atoms with E-state index in [0.29, 0.717) is 12.0 Å². The molecule has 0 aliphatic heterocycles. The number of aromatic nitrogens is 2. The van der Waals surface area contributed by atoms with Gasteiger partial charge in [-0.3, -0.25) is 0 Å². The molecule has 0 unspecified atom stereocenters. The van der Waals surface area contributed by atoms with Gasteiger partial charge in [-0.05, 0) is 30.9 Å². The molecular weight excluding hydrogens is 224 g/mol. The zero-order valence-corrected chi connectivity index (χ0v) is 10.6. The summed E-state index contributed by atoms with van der Waals surface area (Å²) in [6.45, 7) is 1.02. The lowest BCUT2D eigenvalue weighted by atomic mass is 9.80. The second kappa shape index (κ2) is 4.53.